The van der Waals surface area contributed by atoms with Crippen LogP contribution in [0.2, 0.25) is 0 Å². The van der Waals surface area contributed by atoms with E-state index in [0.29, 0.717) is 18.8 Å². The first-order valence-electron chi connectivity index (χ1n) is 6.70. The molecule has 0 atom stereocenters. The van der Waals surface area contributed by atoms with Gasteiger partial charge in [-0.15, -0.1) is 0 Å². The molecular formula is C15H15N3O3. The van der Waals surface area contributed by atoms with Gasteiger partial charge in [0.25, 0.3) is 5.91 Å². The number of aliphatic carboxylic acids is 1. The van der Waals surface area contributed by atoms with Crippen LogP contribution in [0.5, 0.6) is 0 Å². The summed E-state index contributed by atoms with van der Waals surface area (Å²) in [7, 11) is 0. The van der Waals surface area contributed by atoms with Crippen LogP contribution in [0.1, 0.15) is 16.1 Å². The fourth-order valence-corrected chi connectivity index (χ4v) is 2.42. The number of nitrogens with zero attached hydrogens (tertiary/aromatic N) is 3. The summed E-state index contributed by atoms with van der Waals surface area (Å²) in [5.74, 6) is -1.29. The van der Waals surface area contributed by atoms with Gasteiger partial charge in [0.2, 0.25) is 0 Å². The Morgan fingerprint density at radius 2 is 2.00 bits per heavy atom. The minimum Gasteiger partial charge on any atom is -0.480 e. The molecule has 1 aliphatic rings. The standard InChI is InChI=1S/C15H15N3O3/c1-10-2-4-11(5-3-10)12-8-13-15(21)17(9-14(19)20)6-7-18(13)16-12/h2-5,8H,6-7,9H2,1H3,(H,19,20). The maximum Gasteiger partial charge on any atom is 0.323 e. The number of hydrogen-bond donors (Lipinski definition) is 1. The van der Waals surface area contributed by atoms with E-state index in [1.54, 1.807) is 10.7 Å². The fraction of sp³-hybridized carbons (Fsp3) is 0.267. The van der Waals surface area contributed by atoms with Crippen molar-refractivity contribution in [3.8, 4) is 11.3 Å². The van der Waals surface area contributed by atoms with Gasteiger partial charge in [0, 0.05) is 12.1 Å². The summed E-state index contributed by atoms with van der Waals surface area (Å²) in [6.45, 7) is 2.62. The first-order valence-corrected chi connectivity index (χ1v) is 6.70. The average Bonchev–Trinajstić information content (AvgIpc) is 2.87. The van der Waals surface area contributed by atoms with Gasteiger partial charge in [0.1, 0.15) is 12.2 Å². The van der Waals surface area contributed by atoms with E-state index in [-0.39, 0.29) is 12.5 Å². The maximum atomic E-state index is 12.3. The van der Waals surface area contributed by atoms with E-state index >= 15 is 0 Å². The molecule has 0 spiro atoms. The van der Waals surface area contributed by atoms with Gasteiger partial charge in [0.05, 0.1) is 12.2 Å². The van der Waals surface area contributed by atoms with Gasteiger partial charge in [-0.3, -0.25) is 14.3 Å². The lowest BCUT2D eigenvalue weighted by Crippen LogP contribution is -2.43. The molecule has 6 heteroatoms. The van der Waals surface area contributed by atoms with Crippen molar-refractivity contribution in [1.29, 1.82) is 0 Å². The first-order chi connectivity index (χ1) is 10.0. The molecule has 0 bridgehead atoms. The smallest absolute Gasteiger partial charge is 0.323 e. The molecule has 1 N–H and O–H groups in total. The molecule has 0 aliphatic carbocycles. The second-order valence-corrected chi connectivity index (χ2v) is 5.12. The van der Waals surface area contributed by atoms with Crippen LogP contribution >= 0.6 is 0 Å². The van der Waals surface area contributed by atoms with E-state index in [4.69, 9.17) is 5.11 Å². The molecule has 1 amide bonds. The van der Waals surface area contributed by atoms with Gasteiger partial charge in [-0.25, -0.2) is 0 Å². The highest BCUT2D eigenvalue weighted by atomic mass is 16.4. The van der Waals surface area contributed by atoms with Gasteiger partial charge in [-0.2, -0.15) is 5.10 Å². The Morgan fingerprint density at radius 1 is 1.29 bits per heavy atom. The number of aryl methyl sites for hydroxylation is 1. The number of hydrogen-bond acceptors (Lipinski definition) is 3. The zero-order chi connectivity index (χ0) is 15.0. The van der Waals surface area contributed by atoms with Gasteiger partial charge >= 0.3 is 5.97 Å². The van der Waals surface area contributed by atoms with Crippen LogP contribution in [0.25, 0.3) is 11.3 Å². The molecule has 0 saturated carbocycles. The van der Waals surface area contributed by atoms with Crippen molar-refractivity contribution in [1.82, 2.24) is 14.7 Å². The Kier molecular flexibility index (Phi) is 3.21. The van der Waals surface area contributed by atoms with Crippen LogP contribution in [0, 0.1) is 6.92 Å². The molecule has 0 saturated heterocycles. The molecule has 3 rings (SSSR count). The summed E-state index contributed by atoms with van der Waals surface area (Å²) in [5.41, 5.74) is 3.28. The van der Waals surface area contributed by atoms with Crippen LogP contribution < -0.4 is 0 Å². The van der Waals surface area contributed by atoms with E-state index in [1.165, 1.54) is 4.90 Å². The molecular weight excluding hydrogens is 270 g/mol. The van der Waals surface area contributed by atoms with Gasteiger partial charge in [-0.05, 0) is 13.0 Å². The third-order valence-corrected chi connectivity index (χ3v) is 3.54. The maximum absolute atomic E-state index is 12.3. The SMILES string of the molecule is Cc1ccc(-c2cc3n(n2)CCN(CC(=O)O)C3=O)cc1. The fourth-order valence-electron chi connectivity index (χ4n) is 2.42. The Balaban J connectivity index is 1.91. The number of carboxylic acid groups (broad SMARTS) is 1. The molecule has 1 aromatic heterocycles. The van der Waals surface area contributed by atoms with E-state index < -0.39 is 5.97 Å². The number of carbonyl (C=O) groups excluding carboxylic acids is 1. The zero-order valence-corrected chi connectivity index (χ0v) is 11.6. The summed E-state index contributed by atoms with van der Waals surface area (Å²) < 4.78 is 1.65. The summed E-state index contributed by atoms with van der Waals surface area (Å²) >= 11 is 0. The lowest BCUT2D eigenvalue weighted by atomic mass is 10.1. The van der Waals surface area contributed by atoms with Crippen molar-refractivity contribution in [3.05, 3.63) is 41.6 Å². The van der Waals surface area contributed by atoms with Crippen molar-refractivity contribution in [3.63, 3.8) is 0 Å². The molecule has 0 radical (unpaired) electrons. The highest BCUT2D eigenvalue weighted by Crippen LogP contribution is 2.22. The van der Waals surface area contributed by atoms with Crippen molar-refractivity contribution >= 4 is 11.9 Å². The zero-order valence-electron chi connectivity index (χ0n) is 11.6. The second kappa shape index (κ2) is 5.05. The minimum atomic E-state index is -1.00. The predicted octanol–water partition coefficient (Wildman–Crippen LogP) is 1.40. The van der Waals surface area contributed by atoms with Gasteiger partial charge in [-0.1, -0.05) is 29.8 Å². The Labute approximate surface area is 121 Å². The molecule has 0 unspecified atom stereocenters. The highest BCUT2D eigenvalue weighted by molar-refractivity contribution is 5.96. The Bertz CT molecular complexity index is 703. The van der Waals surface area contributed by atoms with Gasteiger partial charge < -0.3 is 10.0 Å². The number of amides is 1. The van der Waals surface area contributed by atoms with E-state index in [0.717, 1.165) is 16.8 Å². The van der Waals surface area contributed by atoms with Crippen LogP contribution in [0.15, 0.2) is 30.3 Å². The summed E-state index contributed by atoms with van der Waals surface area (Å²) in [6.07, 6.45) is 0. The second-order valence-electron chi connectivity index (χ2n) is 5.12. The molecule has 2 aromatic rings. The number of fused-ring (bicyclic) bond motifs is 1. The Hall–Kier alpha value is -2.63. The molecule has 1 aliphatic heterocycles. The van der Waals surface area contributed by atoms with Gasteiger partial charge in [0.15, 0.2) is 0 Å². The normalized spacial score (nSPS) is 14.1. The summed E-state index contributed by atoms with van der Waals surface area (Å²) in [5, 5.41) is 13.3. The molecule has 1 aromatic carbocycles. The molecule has 108 valence electrons. The highest BCUT2D eigenvalue weighted by Gasteiger charge is 2.27. The topological polar surface area (TPSA) is 75.4 Å². The van der Waals surface area contributed by atoms with Crippen LogP contribution in [0.3, 0.4) is 0 Å². The molecule has 0 fully saturated rings. The number of benzene rings is 1. The number of carboxylic acids is 1. The lowest BCUT2D eigenvalue weighted by Gasteiger charge is -2.25. The quantitative estimate of drug-likeness (QED) is 0.925. The Morgan fingerprint density at radius 3 is 2.67 bits per heavy atom. The third-order valence-electron chi connectivity index (χ3n) is 3.54. The third kappa shape index (κ3) is 2.52. The first kappa shape index (κ1) is 13.4. The number of rotatable bonds is 3. The van der Waals surface area contributed by atoms with Crippen LogP contribution in [-0.2, 0) is 11.3 Å². The number of aromatic nitrogens is 2. The van der Waals surface area contributed by atoms with E-state index in [1.807, 2.05) is 31.2 Å². The summed E-state index contributed by atoms with van der Waals surface area (Å²) in [4.78, 5) is 24.4. The van der Waals surface area contributed by atoms with Crippen molar-refractivity contribution < 1.29 is 14.7 Å². The number of carbonyl (C=O) groups is 2. The van der Waals surface area contributed by atoms with Crippen molar-refractivity contribution in [2.75, 3.05) is 13.1 Å². The average molecular weight is 285 g/mol. The summed E-state index contributed by atoms with van der Waals surface area (Å²) in [6, 6.07) is 9.63. The van der Waals surface area contributed by atoms with Crippen molar-refractivity contribution in [2.24, 2.45) is 0 Å². The molecule has 21 heavy (non-hydrogen) atoms. The largest absolute Gasteiger partial charge is 0.480 e. The lowest BCUT2D eigenvalue weighted by molar-refractivity contribution is -0.137. The van der Waals surface area contributed by atoms with E-state index in [9.17, 15) is 9.59 Å². The van der Waals surface area contributed by atoms with Crippen LogP contribution in [0.4, 0.5) is 0 Å². The molecule has 6 nitrogen and oxygen atoms in total. The van der Waals surface area contributed by atoms with Crippen molar-refractivity contribution in [2.45, 2.75) is 13.5 Å². The van der Waals surface area contributed by atoms with Crippen LogP contribution in [-0.4, -0.2) is 44.8 Å². The monoisotopic (exact) mass is 285 g/mol. The minimum absolute atomic E-state index is 0.274. The predicted molar refractivity (Wildman–Crippen MR) is 75.9 cm³/mol. The van der Waals surface area contributed by atoms with E-state index in [2.05, 4.69) is 5.10 Å². The molecule has 2 heterocycles.